The van der Waals surface area contributed by atoms with Crippen LogP contribution in [-0.2, 0) is 4.74 Å². The Morgan fingerprint density at radius 3 is 2.74 bits per heavy atom. The van der Waals surface area contributed by atoms with E-state index in [1.54, 1.807) is 19.1 Å². The molecule has 0 radical (unpaired) electrons. The van der Waals surface area contributed by atoms with Crippen molar-refractivity contribution in [3.05, 3.63) is 33.9 Å². The number of nitro benzene ring substituents is 1. The van der Waals surface area contributed by atoms with E-state index < -0.39 is 0 Å². The predicted octanol–water partition coefficient (Wildman–Crippen LogP) is 3.10. The van der Waals surface area contributed by atoms with Crippen molar-refractivity contribution in [1.29, 1.82) is 0 Å². The molecule has 19 heavy (non-hydrogen) atoms. The molecule has 0 aromatic heterocycles. The largest absolute Gasteiger partial charge is 0.490 e. The molecule has 1 aliphatic rings. The van der Waals surface area contributed by atoms with Crippen LogP contribution >= 0.6 is 0 Å². The van der Waals surface area contributed by atoms with Gasteiger partial charge in [-0.3, -0.25) is 10.1 Å². The van der Waals surface area contributed by atoms with Gasteiger partial charge in [0.1, 0.15) is 5.75 Å². The van der Waals surface area contributed by atoms with Crippen LogP contribution in [0.1, 0.15) is 25.3 Å². The first-order valence-corrected chi connectivity index (χ1v) is 6.57. The quantitative estimate of drug-likeness (QED) is 0.620. The predicted molar refractivity (Wildman–Crippen MR) is 71.5 cm³/mol. The normalized spacial score (nSPS) is 18.0. The highest BCUT2D eigenvalue weighted by molar-refractivity contribution is 5.45. The molecule has 1 aliphatic heterocycles. The fourth-order valence-electron chi connectivity index (χ4n) is 2.36. The molecule has 1 saturated heterocycles. The summed E-state index contributed by atoms with van der Waals surface area (Å²) in [6, 6.07) is 5.02. The van der Waals surface area contributed by atoms with E-state index in [9.17, 15) is 10.1 Å². The average molecular weight is 265 g/mol. The van der Waals surface area contributed by atoms with Crippen molar-refractivity contribution in [1.82, 2.24) is 0 Å². The Balaban J connectivity index is 2.05. The molecule has 1 unspecified atom stereocenters. The molecule has 1 atom stereocenters. The maximum atomic E-state index is 10.9. The van der Waals surface area contributed by atoms with Gasteiger partial charge in [-0.15, -0.1) is 0 Å². The minimum absolute atomic E-state index is 0.0474. The summed E-state index contributed by atoms with van der Waals surface area (Å²) in [6.07, 6.45) is 2.01. The second-order valence-electron chi connectivity index (χ2n) is 4.98. The number of hydrogen-bond acceptors (Lipinski definition) is 4. The zero-order valence-electron chi connectivity index (χ0n) is 11.3. The van der Waals surface area contributed by atoms with Gasteiger partial charge in [0, 0.05) is 18.8 Å². The van der Waals surface area contributed by atoms with Crippen LogP contribution in [0.5, 0.6) is 5.75 Å². The zero-order valence-corrected chi connectivity index (χ0v) is 11.3. The van der Waals surface area contributed by atoms with Gasteiger partial charge in [-0.05, 0) is 44.7 Å². The highest BCUT2D eigenvalue weighted by atomic mass is 16.6. The van der Waals surface area contributed by atoms with Crippen molar-refractivity contribution >= 4 is 5.69 Å². The molecular formula is C14H19NO4. The number of nitro groups is 1. The third-order valence-electron chi connectivity index (χ3n) is 3.63. The maximum absolute atomic E-state index is 10.9. The number of ether oxygens (including phenoxy) is 2. The first-order chi connectivity index (χ1) is 9.08. The summed E-state index contributed by atoms with van der Waals surface area (Å²) in [7, 11) is 0. The van der Waals surface area contributed by atoms with Crippen LogP contribution in [0.3, 0.4) is 0 Å². The molecule has 0 aliphatic carbocycles. The van der Waals surface area contributed by atoms with Gasteiger partial charge in [0.05, 0.1) is 17.1 Å². The summed E-state index contributed by atoms with van der Waals surface area (Å²) in [5.74, 6) is 1.02. The lowest BCUT2D eigenvalue weighted by Gasteiger charge is -2.28. The molecule has 1 heterocycles. The fourth-order valence-corrected chi connectivity index (χ4v) is 2.36. The molecule has 0 N–H and O–H groups in total. The Labute approximate surface area is 112 Å². The third-order valence-corrected chi connectivity index (χ3v) is 3.63. The summed E-state index contributed by atoms with van der Waals surface area (Å²) in [4.78, 5) is 10.5. The summed E-state index contributed by atoms with van der Waals surface area (Å²) < 4.78 is 11.2. The molecule has 1 aromatic carbocycles. The van der Waals surface area contributed by atoms with Crippen LogP contribution in [0.25, 0.3) is 0 Å². The first-order valence-electron chi connectivity index (χ1n) is 6.57. The SMILES string of the molecule is Cc1ccc(OC(C)C2CCOCC2)cc1[N+](=O)[O-]. The number of nitrogens with zero attached hydrogens (tertiary/aromatic N) is 1. The van der Waals surface area contributed by atoms with Crippen molar-refractivity contribution in [2.45, 2.75) is 32.8 Å². The van der Waals surface area contributed by atoms with Gasteiger partial charge in [-0.2, -0.15) is 0 Å². The van der Waals surface area contributed by atoms with E-state index >= 15 is 0 Å². The standard InChI is InChI=1S/C14H19NO4/c1-10-3-4-13(9-14(10)15(16)17)19-11(2)12-5-7-18-8-6-12/h3-4,9,11-12H,5-8H2,1-2H3. The first kappa shape index (κ1) is 13.8. The summed E-state index contributed by atoms with van der Waals surface area (Å²) >= 11 is 0. The molecule has 0 amide bonds. The van der Waals surface area contributed by atoms with Crippen LogP contribution in [-0.4, -0.2) is 24.2 Å². The van der Waals surface area contributed by atoms with Crippen molar-refractivity contribution < 1.29 is 14.4 Å². The van der Waals surface area contributed by atoms with Crippen molar-refractivity contribution in [3.63, 3.8) is 0 Å². The van der Waals surface area contributed by atoms with Crippen LogP contribution in [0.2, 0.25) is 0 Å². The number of aryl methyl sites for hydroxylation is 1. The van der Waals surface area contributed by atoms with E-state index in [1.165, 1.54) is 6.07 Å². The second kappa shape index (κ2) is 6.02. The molecule has 2 rings (SSSR count). The van der Waals surface area contributed by atoms with Gasteiger partial charge in [-0.1, -0.05) is 0 Å². The Hall–Kier alpha value is -1.62. The molecular weight excluding hydrogens is 246 g/mol. The Morgan fingerprint density at radius 2 is 2.11 bits per heavy atom. The molecule has 0 spiro atoms. The van der Waals surface area contributed by atoms with E-state index in [4.69, 9.17) is 9.47 Å². The van der Waals surface area contributed by atoms with Gasteiger partial charge in [0.15, 0.2) is 0 Å². The summed E-state index contributed by atoms with van der Waals surface area (Å²) in [5.41, 5.74) is 0.757. The lowest BCUT2D eigenvalue weighted by atomic mass is 9.95. The maximum Gasteiger partial charge on any atom is 0.276 e. The van der Waals surface area contributed by atoms with Crippen LogP contribution in [0.15, 0.2) is 18.2 Å². The van der Waals surface area contributed by atoms with E-state index in [-0.39, 0.29) is 16.7 Å². The van der Waals surface area contributed by atoms with E-state index in [0.29, 0.717) is 17.2 Å². The van der Waals surface area contributed by atoms with Crippen molar-refractivity contribution in [2.24, 2.45) is 5.92 Å². The zero-order chi connectivity index (χ0) is 13.8. The van der Waals surface area contributed by atoms with E-state index in [2.05, 4.69) is 0 Å². The lowest BCUT2D eigenvalue weighted by Crippen LogP contribution is -2.29. The molecule has 0 saturated carbocycles. The third kappa shape index (κ3) is 3.44. The topological polar surface area (TPSA) is 61.6 Å². The van der Waals surface area contributed by atoms with Gasteiger partial charge in [0.25, 0.3) is 5.69 Å². The van der Waals surface area contributed by atoms with Crippen LogP contribution in [0.4, 0.5) is 5.69 Å². The van der Waals surface area contributed by atoms with E-state index in [0.717, 1.165) is 26.1 Å². The molecule has 5 heteroatoms. The van der Waals surface area contributed by atoms with E-state index in [1.807, 2.05) is 6.92 Å². The Kier molecular flexibility index (Phi) is 4.37. The highest BCUT2D eigenvalue weighted by Crippen LogP contribution is 2.27. The Bertz CT molecular complexity index is 455. The molecule has 0 bridgehead atoms. The van der Waals surface area contributed by atoms with Crippen LogP contribution in [0, 0.1) is 23.0 Å². The smallest absolute Gasteiger partial charge is 0.276 e. The average Bonchev–Trinajstić information content (AvgIpc) is 2.41. The molecule has 5 nitrogen and oxygen atoms in total. The van der Waals surface area contributed by atoms with Crippen molar-refractivity contribution in [2.75, 3.05) is 13.2 Å². The second-order valence-corrected chi connectivity index (χ2v) is 4.98. The molecule has 1 aromatic rings. The number of hydrogen-bond donors (Lipinski definition) is 0. The lowest BCUT2D eigenvalue weighted by molar-refractivity contribution is -0.385. The monoisotopic (exact) mass is 265 g/mol. The van der Waals surface area contributed by atoms with Gasteiger partial charge in [0.2, 0.25) is 0 Å². The number of benzene rings is 1. The summed E-state index contributed by atoms with van der Waals surface area (Å²) in [5, 5.41) is 10.9. The van der Waals surface area contributed by atoms with Gasteiger partial charge in [-0.25, -0.2) is 0 Å². The van der Waals surface area contributed by atoms with Gasteiger partial charge >= 0.3 is 0 Å². The highest BCUT2D eigenvalue weighted by Gasteiger charge is 2.22. The molecule has 1 fully saturated rings. The number of rotatable bonds is 4. The molecule has 104 valence electrons. The van der Waals surface area contributed by atoms with Crippen LogP contribution < -0.4 is 4.74 Å². The minimum atomic E-state index is -0.374. The van der Waals surface area contributed by atoms with Crippen molar-refractivity contribution in [3.8, 4) is 5.75 Å². The Morgan fingerprint density at radius 1 is 1.42 bits per heavy atom. The minimum Gasteiger partial charge on any atom is -0.490 e. The summed E-state index contributed by atoms with van der Waals surface area (Å²) in [6.45, 7) is 5.28. The van der Waals surface area contributed by atoms with Gasteiger partial charge < -0.3 is 9.47 Å². The fraction of sp³-hybridized carbons (Fsp3) is 0.571.